The highest BCUT2D eigenvalue weighted by atomic mass is 35.5. The van der Waals surface area contributed by atoms with Gasteiger partial charge in [0, 0.05) is 18.1 Å². The number of amides is 1. The van der Waals surface area contributed by atoms with Crippen LogP contribution < -0.4 is 5.32 Å². The molecule has 0 bridgehead atoms. The molecule has 0 saturated carbocycles. The first-order chi connectivity index (χ1) is 10.7. The van der Waals surface area contributed by atoms with Crippen molar-refractivity contribution in [2.45, 2.75) is 13.1 Å². The molecule has 2 aromatic rings. The average Bonchev–Trinajstić information content (AvgIpc) is 2.45. The molecule has 1 amide bonds. The number of anilines is 1. The van der Waals surface area contributed by atoms with E-state index in [1.54, 1.807) is 12.1 Å². The van der Waals surface area contributed by atoms with Gasteiger partial charge in [-0.05, 0) is 30.3 Å². The third kappa shape index (κ3) is 3.90. The second-order valence-electron chi connectivity index (χ2n) is 4.75. The highest BCUT2D eigenvalue weighted by molar-refractivity contribution is 6.35. The molecule has 120 valence electrons. The van der Waals surface area contributed by atoms with E-state index >= 15 is 0 Å². The van der Waals surface area contributed by atoms with Crippen LogP contribution in [-0.2, 0) is 11.0 Å². The Balaban J connectivity index is 2.59. The van der Waals surface area contributed by atoms with Gasteiger partial charge in [0.1, 0.15) is 0 Å². The molecule has 3 nitrogen and oxygen atoms in total. The van der Waals surface area contributed by atoms with Crippen molar-refractivity contribution in [1.29, 1.82) is 0 Å². The molecule has 1 N–H and O–H groups in total. The van der Waals surface area contributed by atoms with E-state index in [4.69, 9.17) is 11.6 Å². The molecule has 0 atom stereocenters. The summed E-state index contributed by atoms with van der Waals surface area (Å²) in [5.74, 6) is -1.21. The van der Waals surface area contributed by atoms with Gasteiger partial charge in [0.15, 0.2) is 5.78 Å². The van der Waals surface area contributed by atoms with Crippen LogP contribution in [0.1, 0.15) is 28.4 Å². The molecule has 2 rings (SSSR count). The Morgan fingerprint density at radius 1 is 1.04 bits per heavy atom. The van der Waals surface area contributed by atoms with E-state index in [2.05, 4.69) is 5.32 Å². The van der Waals surface area contributed by atoms with E-state index in [1.807, 2.05) is 0 Å². The zero-order valence-corrected chi connectivity index (χ0v) is 12.6. The van der Waals surface area contributed by atoms with E-state index in [9.17, 15) is 22.8 Å². The average molecular weight is 342 g/mol. The minimum Gasteiger partial charge on any atom is -0.326 e. The molecule has 7 heteroatoms. The fourth-order valence-electron chi connectivity index (χ4n) is 2.00. The van der Waals surface area contributed by atoms with Crippen molar-refractivity contribution in [2.24, 2.45) is 0 Å². The molecule has 0 heterocycles. The lowest BCUT2D eigenvalue weighted by atomic mass is 9.99. The zero-order valence-electron chi connectivity index (χ0n) is 11.9. The Hall–Kier alpha value is -2.34. The van der Waals surface area contributed by atoms with Crippen LogP contribution in [0.25, 0.3) is 0 Å². The molecular weight excluding hydrogens is 331 g/mol. The number of nitrogens with one attached hydrogen (secondary N) is 1. The summed E-state index contributed by atoms with van der Waals surface area (Å²) in [6, 6.07) is 8.56. The van der Waals surface area contributed by atoms with Gasteiger partial charge in [0.25, 0.3) is 0 Å². The van der Waals surface area contributed by atoms with E-state index in [1.165, 1.54) is 19.1 Å². The van der Waals surface area contributed by atoms with E-state index in [-0.39, 0.29) is 21.8 Å². The van der Waals surface area contributed by atoms with Gasteiger partial charge in [-0.15, -0.1) is 0 Å². The van der Waals surface area contributed by atoms with Crippen LogP contribution in [-0.4, -0.2) is 11.7 Å². The van der Waals surface area contributed by atoms with Gasteiger partial charge in [0.05, 0.1) is 16.3 Å². The number of carbonyl (C=O) groups excluding carboxylic acids is 2. The van der Waals surface area contributed by atoms with Crippen molar-refractivity contribution < 1.29 is 22.8 Å². The standard InChI is InChI=1S/C16H11ClF3NO2/c1-9(22)21-14-7-6-10(16(18,19)20)8-12(14)15(23)11-4-2-3-5-13(11)17/h2-8H,1H3,(H,21,22). The molecule has 0 aliphatic heterocycles. The predicted molar refractivity (Wildman–Crippen MR) is 80.6 cm³/mol. The van der Waals surface area contributed by atoms with Gasteiger partial charge >= 0.3 is 6.18 Å². The second-order valence-corrected chi connectivity index (χ2v) is 5.16. The summed E-state index contributed by atoms with van der Waals surface area (Å²) in [5, 5.41) is 2.47. The first-order valence-corrected chi connectivity index (χ1v) is 6.86. The SMILES string of the molecule is CC(=O)Nc1ccc(C(F)(F)F)cc1C(=O)c1ccccc1Cl. The monoisotopic (exact) mass is 341 g/mol. The Kier molecular flexibility index (Phi) is 4.75. The number of halogens is 4. The second kappa shape index (κ2) is 6.42. The Morgan fingerprint density at radius 3 is 2.26 bits per heavy atom. The van der Waals surface area contributed by atoms with Crippen LogP contribution in [0.4, 0.5) is 18.9 Å². The van der Waals surface area contributed by atoms with Crippen molar-refractivity contribution in [3.05, 3.63) is 64.2 Å². The third-order valence-corrected chi connectivity index (χ3v) is 3.35. The molecule has 0 fully saturated rings. The molecule has 0 saturated heterocycles. The fraction of sp³-hybridized carbons (Fsp3) is 0.125. The summed E-state index contributed by atoms with van der Waals surface area (Å²) >= 11 is 5.93. The zero-order chi connectivity index (χ0) is 17.2. The van der Waals surface area contributed by atoms with Crippen molar-refractivity contribution in [3.63, 3.8) is 0 Å². The maximum atomic E-state index is 12.9. The third-order valence-electron chi connectivity index (χ3n) is 3.02. The number of rotatable bonds is 3. The summed E-state index contributed by atoms with van der Waals surface area (Å²) in [7, 11) is 0. The summed E-state index contributed by atoms with van der Waals surface area (Å²) in [6.45, 7) is 1.20. The van der Waals surface area contributed by atoms with Gasteiger partial charge in [-0.25, -0.2) is 0 Å². The lowest BCUT2D eigenvalue weighted by Gasteiger charge is -2.13. The number of hydrogen-bond acceptors (Lipinski definition) is 2. The smallest absolute Gasteiger partial charge is 0.326 e. The van der Waals surface area contributed by atoms with Crippen LogP contribution >= 0.6 is 11.6 Å². The first kappa shape index (κ1) is 17.0. The molecule has 2 aromatic carbocycles. The minimum absolute atomic E-state index is 0.00424. The maximum absolute atomic E-state index is 12.9. The van der Waals surface area contributed by atoms with Crippen molar-refractivity contribution in [2.75, 3.05) is 5.32 Å². The Labute approximate surface area is 135 Å². The Morgan fingerprint density at radius 2 is 1.70 bits per heavy atom. The highest BCUT2D eigenvalue weighted by Crippen LogP contribution is 2.33. The lowest BCUT2D eigenvalue weighted by Crippen LogP contribution is -2.14. The van der Waals surface area contributed by atoms with Gasteiger partial charge < -0.3 is 5.32 Å². The van der Waals surface area contributed by atoms with Gasteiger partial charge in [-0.2, -0.15) is 13.2 Å². The van der Waals surface area contributed by atoms with Gasteiger partial charge in [-0.1, -0.05) is 23.7 Å². The lowest BCUT2D eigenvalue weighted by molar-refractivity contribution is -0.137. The molecule has 0 radical (unpaired) electrons. The van der Waals surface area contributed by atoms with Gasteiger partial charge in [-0.3, -0.25) is 9.59 Å². The quantitative estimate of drug-likeness (QED) is 0.833. The first-order valence-electron chi connectivity index (χ1n) is 6.48. The van der Waals surface area contributed by atoms with E-state index in [0.29, 0.717) is 6.07 Å². The van der Waals surface area contributed by atoms with Crippen LogP contribution in [0, 0.1) is 0 Å². The topological polar surface area (TPSA) is 46.2 Å². The molecule has 23 heavy (non-hydrogen) atoms. The fourth-order valence-corrected chi connectivity index (χ4v) is 2.22. The largest absolute Gasteiger partial charge is 0.416 e. The molecule has 0 aromatic heterocycles. The van der Waals surface area contributed by atoms with Crippen LogP contribution in [0.2, 0.25) is 5.02 Å². The number of carbonyl (C=O) groups is 2. The van der Waals surface area contributed by atoms with Crippen LogP contribution in [0.3, 0.4) is 0 Å². The normalized spacial score (nSPS) is 11.2. The molecule has 0 spiro atoms. The Bertz CT molecular complexity index is 772. The summed E-state index contributed by atoms with van der Waals surface area (Å²) in [5.41, 5.74) is -1.21. The number of benzene rings is 2. The minimum atomic E-state index is -4.61. The van der Waals surface area contributed by atoms with Crippen molar-refractivity contribution in [1.82, 2.24) is 0 Å². The number of alkyl halides is 3. The maximum Gasteiger partial charge on any atom is 0.416 e. The van der Waals surface area contributed by atoms with E-state index in [0.717, 1.165) is 12.1 Å². The number of hydrogen-bond donors (Lipinski definition) is 1. The van der Waals surface area contributed by atoms with Crippen LogP contribution in [0.15, 0.2) is 42.5 Å². The molecule has 0 aliphatic carbocycles. The summed E-state index contributed by atoms with van der Waals surface area (Å²) < 4.78 is 38.6. The van der Waals surface area contributed by atoms with Gasteiger partial charge in [0.2, 0.25) is 5.91 Å². The van der Waals surface area contributed by atoms with Crippen molar-refractivity contribution in [3.8, 4) is 0 Å². The molecular formula is C16H11ClF3NO2. The molecule has 0 aliphatic rings. The van der Waals surface area contributed by atoms with Crippen LogP contribution in [0.5, 0.6) is 0 Å². The predicted octanol–water partition coefficient (Wildman–Crippen LogP) is 4.55. The molecule has 0 unspecified atom stereocenters. The number of ketones is 1. The van der Waals surface area contributed by atoms with Crippen molar-refractivity contribution >= 4 is 29.0 Å². The summed E-state index contributed by atoms with van der Waals surface area (Å²) in [4.78, 5) is 23.7. The summed E-state index contributed by atoms with van der Waals surface area (Å²) in [6.07, 6.45) is -4.61. The highest BCUT2D eigenvalue weighted by Gasteiger charge is 2.32. The van der Waals surface area contributed by atoms with E-state index < -0.39 is 23.4 Å².